The lowest BCUT2D eigenvalue weighted by Gasteiger charge is -2.26. The van der Waals surface area contributed by atoms with Gasteiger partial charge in [0.05, 0.1) is 0 Å². The van der Waals surface area contributed by atoms with E-state index in [1.165, 1.54) is 0 Å². The highest BCUT2D eigenvalue weighted by Gasteiger charge is 2.27. The zero-order valence-electron chi connectivity index (χ0n) is 28.3. The van der Waals surface area contributed by atoms with E-state index in [1.54, 1.807) is 0 Å². The molecule has 5 nitrogen and oxygen atoms in total. The van der Waals surface area contributed by atoms with Crippen molar-refractivity contribution in [3.05, 3.63) is 190 Å². The Morgan fingerprint density at radius 1 is 0.429 bits per heavy atom. The van der Waals surface area contributed by atoms with Crippen molar-refractivity contribution in [3.8, 4) is 23.0 Å². The van der Waals surface area contributed by atoms with Crippen molar-refractivity contribution in [1.29, 1.82) is 0 Å². The molecule has 0 aliphatic heterocycles. The molecular weight excluding hydrogens is 608 g/mol. The van der Waals surface area contributed by atoms with Gasteiger partial charge in [0.2, 0.25) is 0 Å². The van der Waals surface area contributed by atoms with Crippen molar-refractivity contribution < 1.29 is 24.1 Å². The average Bonchev–Trinajstić information content (AvgIpc) is 3.15. The Bertz CT molecular complexity index is 1880. The SMILES string of the molecule is Cc1c(C)c(OCc2ccccc2)c(C(O)c2cc(OCc3ccccc3)cc(OCc3ccccc3)c2)c(C)c1OCc1ccccc1. The molecule has 0 fully saturated rings. The van der Waals surface area contributed by atoms with Gasteiger partial charge in [0.25, 0.3) is 0 Å². The number of ether oxygens (including phenoxy) is 4. The molecule has 1 atom stereocenters. The molecule has 6 aromatic rings. The number of aliphatic hydroxyl groups excluding tert-OH is 1. The Morgan fingerprint density at radius 2 is 0.776 bits per heavy atom. The van der Waals surface area contributed by atoms with Crippen LogP contribution in [0.3, 0.4) is 0 Å². The highest BCUT2D eigenvalue weighted by Crippen LogP contribution is 2.44. The van der Waals surface area contributed by atoms with E-state index in [0.717, 1.165) is 44.7 Å². The van der Waals surface area contributed by atoms with Crippen LogP contribution in [0.25, 0.3) is 0 Å². The van der Waals surface area contributed by atoms with Crippen molar-refractivity contribution in [2.45, 2.75) is 53.3 Å². The molecule has 0 saturated carbocycles. The molecule has 1 unspecified atom stereocenters. The normalized spacial score (nSPS) is 11.5. The van der Waals surface area contributed by atoms with Gasteiger partial charge in [-0.2, -0.15) is 0 Å². The minimum absolute atomic E-state index is 0.357. The summed E-state index contributed by atoms with van der Waals surface area (Å²) in [6, 6.07) is 45.8. The lowest BCUT2D eigenvalue weighted by molar-refractivity contribution is 0.204. The van der Waals surface area contributed by atoms with Crippen molar-refractivity contribution in [2.75, 3.05) is 0 Å². The summed E-state index contributed by atoms with van der Waals surface area (Å²) in [6.45, 7) is 7.58. The Hall–Kier alpha value is -5.52. The largest absolute Gasteiger partial charge is 0.489 e. The minimum atomic E-state index is -1.07. The van der Waals surface area contributed by atoms with Gasteiger partial charge in [-0.15, -0.1) is 0 Å². The van der Waals surface area contributed by atoms with Crippen LogP contribution in [0.4, 0.5) is 0 Å². The van der Waals surface area contributed by atoms with Crippen LogP contribution >= 0.6 is 0 Å². The molecule has 0 radical (unpaired) electrons. The first-order valence-electron chi connectivity index (χ1n) is 16.6. The first-order valence-corrected chi connectivity index (χ1v) is 16.6. The molecule has 0 amide bonds. The van der Waals surface area contributed by atoms with Crippen molar-refractivity contribution >= 4 is 0 Å². The number of hydrogen-bond acceptors (Lipinski definition) is 5. The van der Waals surface area contributed by atoms with Gasteiger partial charge in [0, 0.05) is 17.2 Å². The fourth-order valence-corrected chi connectivity index (χ4v) is 5.87. The van der Waals surface area contributed by atoms with Gasteiger partial charge >= 0.3 is 0 Å². The highest BCUT2D eigenvalue weighted by atomic mass is 16.5. The molecule has 0 saturated heterocycles. The molecule has 248 valence electrons. The number of hydrogen-bond donors (Lipinski definition) is 1. The molecule has 49 heavy (non-hydrogen) atoms. The Kier molecular flexibility index (Phi) is 10.9. The number of rotatable bonds is 14. The zero-order valence-corrected chi connectivity index (χ0v) is 28.3. The molecule has 1 N–H and O–H groups in total. The van der Waals surface area contributed by atoms with Crippen molar-refractivity contribution in [3.63, 3.8) is 0 Å². The van der Waals surface area contributed by atoms with Crippen LogP contribution in [0.1, 0.15) is 56.2 Å². The van der Waals surface area contributed by atoms with E-state index in [-0.39, 0.29) is 0 Å². The summed E-state index contributed by atoms with van der Waals surface area (Å²) in [7, 11) is 0. The first kappa shape index (κ1) is 33.4. The van der Waals surface area contributed by atoms with E-state index in [1.807, 2.05) is 160 Å². The lowest BCUT2D eigenvalue weighted by Crippen LogP contribution is -2.12. The third-order valence-electron chi connectivity index (χ3n) is 8.67. The second-order valence-electron chi connectivity index (χ2n) is 12.2. The summed E-state index contributed by atoms with van der Waals surface area (Å²) in [4.78, 5) is 0. The summed E-state index contributed by atoms with van der Waals surface area (Å²) in [6.07, 6.45) is -1.07. The standard InChI is InChI=1S/C44H42O5/c1-31-32(2)44(49-30-37-22-14-7-15-23-37)41(33(3)43(31)48-29-36-20-12-6-13-21-36)42(45)38-24-39(46-27-34-16-8-4-9-17-34)26-40(25-38)47-28-35-18-10-5-11-19-35/h4-26,42,45H,27-30H2,1-3H3. The van der Waals surface area contributed by atoms with E-state index in [2.05, 4.69) is 0 Å². The lowest BCUT2D eigenvalue weighted by atomic mass is 9.90. The summed E-state index contributed by atoms with van der Waals surface area (Å²) in [5.74, 6) is 2.56. The van der Waals surface area contributed by atoms with Crippen LogP contribution in [0.2, 0.25) is 0 Å². The Labute approximate surface area is 289 Å². The van der Waals surface area contributed by atoms with Gasteiger partial charge < -0.3 is 24.1 Å². The van der Waals surface area contributed by atoms with Crippen LogP contribution in [-0.2, 0) is 26.4 Å². The van der Waals surface area contributed by atoms with Gasteiger partial charge in [-0.05, 0) is 71.8 Å². The predicted molar refractivity (Wildman–Crippen MR) is 194 cm³/mol. The van der Waals surface area contributed by atoms with Gasteiger partial charge in [-0.25, -0.2) is 0 Å². The van der Waals surface area contributed by atoms with Crippen LogP contribution in [0.15, 0.2) is 140 Å². The average molecular weight is 651 g/mol. The second-order valence-corrected chi connectivity index (χ2v) is 12.2. The van der Waals surface area contributed by atoms with Crippen molar-refractivity contribution in [1.82, 2.24) is 0 Å². The number of benzene rings is 6. The molecule has 6 aromatic carbocycles. The summed E-state index contributed by atoms with van der Waals surface area (Å²) in [5, 5.41) is 12.3. The molecule has 0 aromatic heterocycles. The predicted octanol–water partition coefficient (Wildman–Crippen LogP) is 10.0. The van der Waals surface area contributed by atoms with E-state index in [9.17, 15) is 5.11 Å². The number of aliphatic hydroxyl groups is 1. The maximum absolute atomic E-state index is 12.3. The highest BCUT2D eigenvalue weighted by molar-refractivity contribution is 5.61. The van der Waals surface area contributed by atoms with E-state index < -0.39 is 6.10 Å². The maximum Gasteiger partial charge on any atom is 0.129 e. The third kappa shape index (κ3) is 8.50. The smallest absolute Gasteiger partial charge is 0.129 e. The first-order chi connectivity index (χ1) is 24.0. The molecule has 0 heterocycles. The van der Waals surface area contributed by atoms with Crippen molar-refractivity contribution in [2.24, 2.45) is 0 Å². The van der Waals surface area contributed by atoms with Gasteiger partial charge in [0.15, 0.2) is 0 Å². The van der Waals surface area contributed by atoms with E-state index in [0.29, 0.717) is 54.8 Å². The Balaban J connectivity index is 1.39. The Morgan fingerprint density at radius 3 is 1.18 bits per heavy atom. The molecule has 6 rings (SSSR count). The third-order valence-corrected chi connectivity index (χ3v) is 8.67. The summed E-state index contributed by atoms with van der Waals surface area (Å²) >= 11 is 0. The fraction of sp³-hybridized carbons (Fsp3) is 0.182. The molecule has 0 bridgehead atoms. The van der Waals surface area contributed by atoms with Crippen LogP contribution in [0.5, 0.6) is 23.0 Å². The van der Waals surface area contributed by atoms with Gasteiger partial charge in [0.1, 0.15) is 55.5 Å². The van der Waals surface area contributed by atoms with Crippen LogP contribution in [-0.4, -0.2) is 5.11 Å². The van der Waals surface area contributed by atoms with Gasteiger partial charge in [-0.3, -0.25) is 0 Å². The van der Waals surface area contributed by atoms with Gasteiger partial charge in [-0.1, -0.05) is 121 Å². The summed E-state index contributed by atoms with van der Waals surface area (Å²) < 4.78 is 25.6. The van der Waals surface area contributed by atoms with E-state index >= 15 is 0 Å². The van der Waals surface area contributed by atoms with Crippen LogP contribution < -0.4 is 18.9 Å². The maximum atomic E-state index is 12.3. The zero-order chi connectivity index (χ0) is 34.0. The molecule has 0 aliphatic rings. The van der Waals surface area contributed by atoms with Crippen LogP contribution in [0, 0.1) is 20.8 Å². The molecule has 0 spiro atoms. The molecule has 0 aliphatic carbocycles. The fourth-order valence-electron chi connectivity index (χ4n) is 5.87. The monoisotopic (exact) mass is 650 g/mol. The molecule has 5 heteroatoms. The molecular formula is C44H42O5. The van der Waals surface area contributed by atoms with E-state index in [4.69, 9.17) is 18.9 Å². The topological polar surface area (TPSA) is 57.2 Å². The quantitative estimate of drug-likeness (QED) is 0.127. The summed E-state index contributed by atoms with van der Waals surface area (Å²) in [5.41, 5.74) is 8.16. The second kappa shape index (κ2) is 16.1. The minimum Gasteiger partial charge on any atom is -0.489 e.